The largest absolute Gasteiger partial charge is 0.364 e. The first-order valence-electron chi connectivity index (χ1n) is 14.2. The molecule has 1 atom stereocenters. The Morgan fingerprint density at radius 1 is 1.02 bits per heavy atom. The van der Waals surface area contributed by atoms with Gasteiger partial charge in [-0.25, -0.2) is 31.9 Å². The van der Waals surface area contributed by atoms with Gasteiger partial charge in [-0.2, -0.15) is 13.9 Å². The minimum absolute atomic E-state index is 0.0447. The van der Waals surface area contributed by atoms with Crippen molar-refractivity contribution in [1.29, 1.82) is 0 Å². The van der Waals surface area contributed by atoms with E-state index in [4.69, 9.17) is 5.73 Å². The third-order valence-electron chi connectivity index (χ3n) is 7.83. The van der Waals surface area contributed by atoms with E-state index in [-0.39, 0.29) is 22.5 Å². The van der Waals surface area contributed by atoms with E-state index in [0.29, 0.717) is 27.7 Å². The van der Waals surface area contributed by atoms with Gasteiger partial charge in [0.15, 0.2) is 0 Å². The van der Waals surface area contributed by atoms with Crippen LogP contribution in [0, 0.1) is 5.82 Å². The summed E-state index contributed by atoms with van der Waals surface area (Å²) in [6, 6.07) is 10.4. The monoisotopic (exact) mass is 659 g/mol. The Morgan fingerprint density at radius 2 is 1.79 bits per heavy atom. The number of rotatable bonds is 9. The number of amides is 2. The van der Waals surface area contributed by atoms with Crippen molar-refractivity contribution in [3.8, 4) is 11.1 Å². The molecule has 0 radical (unpaired) electrons. The van der Waals surface area contributed by atoms with Gasteiger partial charge < -0.3 is 16.0 Å². The van der Waals surface area contributed by atoms with Gasteiger partial charge in [-0.15, -0.1) is 0 Å². The second-order valence-electron chi connectivity index (χ2n) is 11.1. The first kappa shape index (κ1) is 31.7. The van der Waals surface area contributed by atoms with Crippen molar-refractivity contribution in [2.45, 2.75) is 50.1 Å². The van der Waals surface area contributed by atoms with Crippen LogP contribution in [0.2, 0.25) is 0 Å². The number of hydrogen-bond donors (Lipinski definition) is 3. The van der Waals surface area contributed by atoms with E-state index in [9.17, 15) is 40.3 Å². The van der Waals surface area contributed by atoms with Crippen LogP contribution in [0.15, 0.2) is 60.9 Å². The number of aromatic amines is 1. The molecule has 0 saturated carbocycles. The second kappa shape index (κ2) is 11.8. The number of carbonyl (C=O) groups excluding carboxylic acids is 2. The molecule has 0 saturated heterocycles. The molecule has 4 aromatic heterocycles. The molecule has 16 heteroatoms. The Labute approximate surface area is 261 Å². The van der Waals surface area contributed by atoms with Gasteiger partial charge in [-0.1, -0.05) is 18.2 Å². The minimum Gasteiger partial charge on any atom is -0.364 e. The van der Waals surface area contributed by atoms with Crippen LogP contribution in [0.25, 0.3) is 22.2 Å². The van der Waals surface area contributed by atoms with E-state index < -0.39 is 78.3 Å². The van der Waals surface area contributed by atoms with E-state index in [1.54, 1.807) is 18.3 Å². The molecule has 0 spiro atoms. The average molecular weight is 660 g/mol. The SMILES string of the molecule is NC(=O)c1ccc(-c2cnc3[nH]ccc3c2)c([C@H](Cc2cccc(F)c2)NC(=O)Cn2nc(C(F)F)c3c2C(F)(F)CCC3(F)F)n1. The molecule has 9 nitrogen and oxygen atoms in total. The van der Waals surface area contributed by atoms with Crippen LogP contribution in [0.3, 0.4) is 0 Å². The van der Waals surface area contributed by atoms with Crippen LogP contribution < -0.4 is 11.1 Å². The molecule has 0 aliphatic heterocycles. The molecule has 47 heavy (non-hydrogen) atoms. The zero-order valence-corrected chi connectivity index (χ0v) is 24.1. The van der Waals surface area contributed by atoms with Gasteiger partial charge in [-0.3, -0.25) is 14.3 Å². The molecule has 5 aromatic rings. The van der Waals surface area contributed by atoms with Crippen LogP contribution in [0.4, 0.5) is 30.7 Å². The third kappa shape index (κ3) is 6.14. The Bertz CT molecular complexity index is 2010. The van der Waals surface area contributed by atoms with Crippen molar-refractivity contribution in [2.24, 2.45) is 5.73 Å². The Kier molecular flexibility index (Phi) is 7.97. The van der Waals surface area contributed by atoms with Gasteiger partial charge in [0.05, 0.1) is 17.3 Å². The predicted octanol–water partition coefficient (Wildman–Crippen LogP) is 6.07. The number of nitrogens with two attached hydrogens (primary N) is 1. The molecule has 2 amide bonds. The molecule has 244 valence electrons. The Hall–Kier alpha value is -5.28. The van der Waals surface area contributed by atoms with Crippen molar-refractivity contribution in [2.75, 3.05) is 0 Å². The number of pyridine rings is 2. The number of primary amides is 1. The highest BCUT2D eigenvalue weighted by Gasteiger charge is 2.55. The standard InChI is InChI=1S/C31H24F7N7O2/c32-18-3-1-2-15(10-18)11-21(24-19(4-5-20(43-24)28(39)47)17-12-16-6-9-40-29(16)41-13-17)42-22(46)14-45-26-23(25(44-45)27(33)34)30(35,36)7-8-31(26,37)38/h1-6,9-10,12-13,21,27H,7-8,11,14H2,(H2,39,47)(H,40,41)(H,42,46)/t21-/m0/s1. The summed E-state index contributed by atoms with van der Waals surface area (Å²) in [5.41, 5.74) is 2.46. The quantitative estimate of drug-likeness (QED) is 0.165. The number of fused-ring (bicyclic) bond motifs is 2. The van der Waals surface area contributed by atoms with Crippen molar-refractivity contribution < 1.29 is 40.3 Å². The van der Waals surface area contributed by atoms with Gasteiger partial charge in [0.1, 0.15) is 35.1 Å². The van der Waals surface area contributed by atoms with Gasteiger partial charge >= 0.3 is 0 Å². The van der Waals surface area contributed by atoms with Crippen molar-refractivity contribution in [3.05, 3.63) is 101 Å². The van der Waals surface area contributed by atoms with E-state index in [2.05, 4.69) is 25.4 Å². The fourth-order valence-corrected chi connectivity index (χ4v) is 5.74. The summed E-state index contributed by atoms with van der Waals surface area (Å²) < 4.78 is 101. The highest BCUT2D eigenvalue weighted by molar-refractivity contribution is 5.91. The summed E-state index contributed by atoms with van der Waals surface area (Å²) >= 11 is 0. The first-order valence-corrected chi connectivity index (χ1v) is 14.2. The normalized spacial score (nSPS) is 15.8. The third-order valence-corrected chi connectivity index (χ3v) is 7.83. The van der Waals surface area contributed by atoms with E-state index in [1.165, 1.54) is 42.6 Å². The lowest BCUT2D eigenvalue weighted by molar-refractivity contribution is -0.123. The number of nitrogens with zero attached hydrogens (tertiary/aromatic N) is 4. The summed E-state index contributed by atoms with van der Waals surface area (Å²) in [5.74, 6) is -10.6. The van der Waals surface area contributed by atoms with E-state index >= 15 is 0 Å². The number of benzene rings is 1. The molecule has 1 aliphatic rings. The zero-order valence-electron chi connectivity index (χ0n) is 24.1. The smallest absolute Gasteiger partial charge is 0.290 e. The maximum absolute atomic E-state index is 15.0. The molecular formula is C31H24F7N7O2. The maximum Gasteiger partial charge on any atom is 0.290 e. The number of nitrogens with one attached hydrogen (secondary N) is 2. The lowest BCUT2D eigenvalue weighted by Gasteiger charge is -2.29. The van der Waals surface area contributed by atoms with Crippen molar-refractivity contribution >= 4 is 22.8 Å². The summed E-state index contributed by atoms with van der Waals surface area (Å²) in [7, 11) is 0. The number of halogens is 7. The number of aromatic nitrogens is 5. The molecule has 4 N–H and O–H groups in total. The molecule has 1 aromatic carbocycles. The number of H-pyrrole nitrogens is 1. The molecule has 0 bridgehead atoms. The summed E-state index contributed by atoms with van der Waals surface area (Å²) in [6.07, 6.45) is -3.36. The fraction of sp³-hybridized carbons (Fsp3) is 0.258. The average Bonchev–Trinajstić information content (AvgIpc) is 3.65. The lowest BCUT2D eigenvalue weighted by atomic mass is 9.89. The lowest BCUT2D eigenvalue weighted by Crippen LogP contribution is -2.37. The number of alkyl halides is 6. The molecular weight excluding hydrogens is 635 g/mol. The zero-order chi connectivity index (χ0) is 33.7. The van der Waals surface area contributed by atoms with Crippen LogP contribution >= 0.6 is 0 Å². The van der Waals surface area contributed by atoms with Crippen LogP contribution in [0.5, 0.6) is 0 Å². The molecule has 1 aliphatic carbocycles. The molecule has 6 rings (SSSR count). The minimum atomic E-state index is -4.03. The van der Waals surface area contributed by atoms with Gasteiger partial charge in [0.2, 0.25) is 5.91 Å². The van der Waals surface area contributed by atoms with Gasteiger partial charge in [0, 0.05) is 41.7 Å². The first-order chi connectivity index (χ1) is 22.2. The molecule has 0 unspecified atom stereocenters. The van der Waals surface area contributed by atoms with Crippen LogP contribution in [-0.4, -0.2) is 36.5 Å². The summed E-state index contributed by atoms with van der Waals surface area (Å²) in [6.45, 7) is -1.15. The number of hydrogen-bond acceptors (Lipinski definition) is 5. The van der Waals surface area contributed by atoms with E-state index in [1.807, 2.05) is 0 Å². The predicted molar refractivity (Wildman–Crippen MR) is 153 cm³/mol. The molecule has 4 heterocycles. The topological polar surface area (TPSA) is 132 Å². The van der Waals surface area contributed by atoms with Crippen LogP contribution in [-0.2, 0) is 29.6 Å². The second-order valence-corrected chi connectivity index (χ2v) is 11.1. The van der Waals surface area contributed by atoms with Gasteiger partial charge in [-0.05, 0) is 42.3 Å². The van der Waals surface area contributed by atoms with Crippen molar-refractivity contribution in [3.63, 3.8) is 0 Å². The maximum atomic E-state index is 15.0. The highest BCUT2D eigenvalue weighted by Crippen LogP contribution is 2.52. The van der Waals surface area contributed by atoms with Crippen LogP contribution in [0.1, 0.15) is 64.0 Å². The summed E-state index contributed by atoms with van der Waals surface area (Å²) in [4.78, 5) is 37.3. The number of carbonyl (C=O) groups is 2. The highest BCUT2D eigenvalue weighted by atomic mass is 19.3. The summed E-state index contributed by atoms with van der Waals surface area (Å²) in [5, 5.41) is 6.60. The van der Waals surface area contributed by atoms with Gasteiger partial charge in [0.25, 0.3) is 24.2 Å². The molecule has 0 fully saturated rings. The Balaban J connectivity index is 1.43. The van der Waals surface area contributed by atoms with Crippen molar-refractivity contribution in [1.82, 2.24) is 30.0 Å². The van der Waals surface area contributed by atoms with E-state index in [0.717, 1.165) is 0 Å². The Morgan fingerprint density at radius 3 is 2.51 bits per heavy atom. The fourth-order valence-electron chi connectivity index (χ4n) is 5.74.